The van der Waals surface area contributed by atoms with Gasteiger partial charge in [-0.15, -0.1) is 0 Å². The van der Waals surface area contributed by atoms with Crippen LogP contribution >= 0.6 is 0 Å². The van der Waals surface area contributed by atoms with Crippen LogP contribution in [0, 0.1) is 13.8 Å². The lowest BCUT2D eigenvalue weighted by atomic mass is 10.0. The lowest BCUT2D eigenvalue weighted by Gasteiger charge is -2.22. The number of amides is 1. The summed E-state index contributed by atoms with van der Waals surface area (Å²) in [5.41, 5.74) is 0.443. The third-order valence-corrected chi connectivity index (χ3v) is 4.15. The first-order chi connectivity index (χ1) is 9.82. The minimum Gasteiger partial charge on any atom is -0.388 e. The summed E-state index contributed by atoms with van der Waals surface area (Å²) in [4.78, 5) is 11.9. The Labute approximate surface area is 122 Å². The summed E-state index contributed by atoms with van der Waals surface area (Å²) in [6.45, 7) is 0.644. The summed E-state index contributed by atoms with van der Waals surface area (Å²) in [6, 6.07) is 0. The Kier molecular flexibility index (Phi) is 4.61. The van der Waals surface area contributed by atoms with Crippen LogP contribution in [-0.2, 0) is 11.2 Å². The molecule has 0 spiro atoms. The van der Waals surface area contributed by atoms with Crippen molar-refractivity contribution in [1.29, 1.82) is 0 Å². The van der Waals surface area contributed by atoms with Gasteiger partial charge in [-0.25, -0.2) is 4.68 Å². The number of aliphatic hydroxyl groups is 1. The average molecular weight is 301 g/mol. The minimum atomic E-state index is -2.71. The van der Waals surface area contributed by atoms with Gasteiger partial charge < -0.3 is 10.4 Å². The van der Waals surface area contributed by atoms with Gasteiger partial charge in [0.2, 0.25) is 5.91 Å². The number of aryl methyl sites for hydroxylation is 1. The van der Waals surface area contributed by atoms with Crippen molar-refractivity contribution < 1.29 is 18.7 Å². The highest BCUT2D eigenvalue weighted by atomic mass is 19.3. The van der Waals surface area contributed by atoms with E-state index in [2.05, 4.69) is 10.4 Å². The Hall–Kier alpha value is -1.50. The quantitative estimate of drug-likeness (QED) is 0.872. The molecule has 1 heterocycles. The number of carbonyl (C=O) groups is 1. The molecule has 2 rings (SSSR count). The maximum Gasteiger partial charge on any atom is 0.333 e. The van der Waals surface area contributed by atoms with Crippen molar-refractivity contribution in [2.75, 3.05) is 6.54 Å². The van der Waals surface area contributed by atoms with E-state index in [1.165, 1.54) is 6.92 Å². The summed E-state index contributed by atoms with van der Waals surface area (Å²) in [7, 11) is 0. The molecule has 0 bridgehead atoms. The molecule has 118 valence electrons. The van der Waals surface area contributed by atoms with Crippen molar-refractivity contribution in [2.45, 2.75) is 58.1 Å². The molecule has 5 nitrogen and oxygen atoms in total. The normalized spacial score (nSPS) is 17.4. The molecule has 1 aliphatic rings. The van der Waals surface area contributed by atoms with Crippen LogP contribution in [0.4, 0.5) is 8.78 Å². The molecule has 1 saturated carbocycles. The highest BCUT2D eigenvalue weighted by Crippen LogP contribution is 2.28. The maximum atomic E-state index is 12.7. The van der Waals surface area contributed by atoms with Crippen LogP contribution in [0.5, 0.6) is 0 Å². The second-order valence-corrected chi connectivity index (χ2v) is 5.76. The molecule has 1 aromatic rings. The van der Waals surface area contributed by atoms with Crippen LogP contribution in [-0.4, -0.2) is 32.9 Å². The molecule has 1 amide bonds. The summed E-state index contributed by atoms with van der Waals surface area (Å²) < 4.78 is 26.1. The molecule has 0 radical (unpaired) electrons. The number of aromatic nitrogens is 2. The lowest BCUT2D eigenvalue weighted by molar-refractivity contribution is -0.121. The Balaban J connectivity index is 1.96. The van der Waals surface area contributed by atoms with Gasteiger partial charge in [0.05, 0.1) is 17.7 Å². The van der Waals surface area contributed by atoms with Crippen molar-refractivity contribution in [2.24, 2.45) is 0 Å². The van der Waals surface area contributed by atoms with E-state index in [1.807, 2.05) is 0 Å². The Bertz CT molecular complexity index is 523. The molecule has 0 unspecified atom stereocenters. The molecular formula is C14H21F2N3O2. The first-order valence-corrected chi connectivity index (χ1v) is 7.14. The van der Waals surface area contributed by atoms with Gasteiger partial charge in [0.1, 0.15) is 0 Å². The largest absolute Gasteiger partial charge is 0.388 e. The number of hydrogen-bond acceptors (Lipinski definition) is 3. The number of alkyl halides is 2. The van der Waals surface area contributed by atoms with Gasteiger partial charge in [-0.1, -0.05) is 12.8 Å². The Morgan fingerprint density at radius 2 is 2.05 bits per heavy atom. The van der Waals surface area contributed by atoms with Crippen LogP contribution in [0.1, 0.15) is 49.2 Å². The summed E-state index contributed by atoms with van der Waals surface area (Å²) in [6.07, 6.45) is 3.31. The van der Waals surface area contributed by atoms with Gasteiger partial charge in [0.25, 0.3) is 0 Å². The highest BCUT2D eigenvalue weighted by Gasteiger charge is 2.31. The van der Waals surface area contributed by atoms with Gasteiger partial charge in [0, 0.05) is 17.8 Å². The number of hydrogen-bond donors (Lipinski definition) is 2. The molecule has 0 atom stereocenters. The summed E-state index contributed by atoms with van der Waals surface area (Å²) in [5.74, 6) is -0.282. The van der Waals surface area contributed by atoms with E-state index in [9.17, 15) is 18.7 Å². The van der Waals surface area contributed by atoms with Crippen LogP contribution in [0.15, 0.2) is 0 Å². The molecule has 2 N–H and O–H groups in total. The van der Waals surface area contributed by atoms with Crippen molar-refractivity contribution >= 4 is 5.91 Å². The summed E-state index contributed by atoms with van der Waals surface area (Å²) >= 11 is 0. The highest BCUT2D eigenvalue weighted by molar-refractivity contribution is 5.79. The number of carbonyl (C=O) groups excluding carboxylic acids is 1. The molecular weight excluding hydrogens is 280 g/mol. The molecule has 1 aliphatic carbocycles. The predicted octanol–water partition coefficient (Wildman–Crippen LogP) is 1.86. The fourth-order valence-electron chi connectivity index (χ4n) is 2.84. The Morgan fingerprint density at radius 3 is 2.57 bits per heavy atom. The fraction of sp³-hybridized carbons (Fsp3) is 0.714. The molecule has 0 aliphatic heterocycles. The average Bonchev–Trinajstić information content (AvgIpc) is 2.96. The molecule has 1 fully saturated rings. The monoisotopic (exact) mass is 301 g/mol. The van der Waals surface area contributed by atoms with E-state index in [4.69, 9.17) is 0 Å². The first-order valence-electron chi connectivity index (χ1n) is 7.14. The van der Waals surface area contributed by atoms with Crippen LogP contribution in [0.2, 0.25) is 0 Å². The zero-order valence-electron chi connectivity index (χ0n) is 12.3. The van der Waals surface area contributed by atoms with E-state index in [-0.39, 0.29) is 18.9 Å². The topological polar surface area (TPSA) is 67.2 Å². The van der Waals surface area contributed by atoms with Crippen LogP contribution < -0.4 is 5.32 Å². The van der Waals surface area contributed by atoms with Gasteiger partial charge in [0.15, 0.2) is 0 Å². The van der Waals surface area contributed by atoms with E-state index >= 15 is 0 Å². The van der Waals surface area contributed by atoms with Crippen molar-refractivity contribution in [3.05, 3.63) is 17.0 Å². The van der Waals surface area contributed by atoms with E-state index in [0.717, 1.165) is 12.8 Å². The second-order valence-electron chi connectivity index (χ2n) is 5.76. The summed E-state index contributed by atoms with van der Waals surface area (Å²) in [5, 5.41) is 16.6. The third-order valence-electron chi connectivity index (χ3n) is 4.15. The van der Waals surface area contributed by atoms with E-state index in [1.54, 1.807) is 6.92 Å². The lowest BCUT2D eigenvalue weighted by Crippen LogP contribution is -2.41. The zero-order chi connectivity index (χ0) is 15.6. The van der Waals surface area contributed by atoms with Crippen LogP contribution in [0.25, 0.3) is 0 Å². The van der Waals surface area contributed by atoms with Gasteiger partial charge in [-0.3, -0.25) is 4.79 Å². The number of nitrogens with one attached hydrogen (secondary N) is 1. The molecule has 0 saturated heterocycles. The SMILES string of the molecule is Cc1nn(C(F)F)c(C)c1CC(=O)NCC1(O)CCCC1. The fourth-order valence-corrected chi connectivity index (χ4v) is 2.84. The van der Waals surface area contributed by atoms with Crippen molar-refractivity contribution in [1.82, 2.24) is 15.1 Å². The molecule has 0 aromatic carbocycles. The second kappa shape index (κ2) is 6.09. The third kappa shape index (κ3) is 3.58. The van der Waals surface area contributed by atoms with Crippen LogP contribution in [0.3, 0.4) is 0 Å². The predicted molar refractivity (Wildman–Crippen MR) is 73.1 cm³/mol. The molecule has 21 heavy (non-hydrogen) atoms. The first kappa shape index (κ1) is 15.9. The smallest absolute Gasteiger partial charge is 0.333 e. The number of nitrogens with zero attached hydrogens (tertiary/aromatic N) is 2. The minimum absolute atomic E-state index is 0.000463. The number of halogens is 2. The van der Waals surface area contributed by atoms with Gasteiger partial charge >= 0.3 is 6.55 Å². The zero-order valence-corrected chi connectivity index (χ0v) is 12.3. The maximum absolute atomic E-state index is 12.7. The number of rotatable bonds is 5. The van der Waals surface area contributed by atoms with Crippen molar-refractivity contribution in [3.8, 4) is 0 Å². The standard InChI is InChI=1S/C14H21F2N3O2/c1-9-11(10(2)19(18-9)13(15)16)7-12(20)17-8-14(21)5-3-4-6-14/h13,21H,3-8H2,1-2H3,(H,17,20). The van der Waals surface area contributed by atoms with Crippen molar-refractivity contribution in [3.63, 3.8) is 0 Å². The van der Waals surface area contributed by atoms with Gasteiger partial charge in [-0.05, 0) is 26.7 Å². The molecule has 7 heteroatoms. The molecule has 1 aromatic heterocycles. The Morgan fingerprint density at radius 1 is 1.43 bits per heavy atom. The van der Waals surface area contributed by atoms with E-state index in [0.29, 0.717) is 34.5 Å². The van der Waals surface area contributed by atoms with E-state index < -0.39 is 12.2 Å². The van der Waals surface area contributed by atoms with Gasteiger partial charge in [-0.2, -0.15) is 13.9 Å².